The van der Waals surface area contributed by atoms with Crippen molar-refractivity contribution in [2.45, 2.75) is 25.4 Å². The van der Waals surface area contributed by atoms with Gasteiger partial charge in [-0.1, -0.05) is 6.08 Å². The Morgan fingerprint density at radius 3 is 2.78 bits per heavy atom. The van der Waals surface area contributed by atoms with Crippen LogP contribution in [0.1, 0.15) is 23.2 Å². The number of anilines is 1. The van der Waals surface area contributed by atoms with Gasteiger partial charge in [0.15, 0.2) is 5.78 Å². The Hall–Kier alpha value is -2.19. The number of nitrogen functional groups attached to an aromatic ring is 1. The van der Waals surface area contributed by atoms with Gasteiger partial charge in [0.1, 0.15) is 11.4 Å². The molecular weight excluding hydrogens is 300 g/mol. The molecule has 1 fully saturated rings. The van der Waals surface area contributed by atoms with Crippen LogP contribution in [0.3, 0.4) is 0 Å². The molecule has 0 amide bonds. The molecule has 0 saturated heterocycles. The lowest BCUT2D eigenvalue weighted by molar-refractivity contribution is 0.0931. The zero-order chi connectivity index (χ0) is 17.0. The lowest BCUT2D eigenvalue weighted by atomic mass is 10.1. The number of hydrogen-bond donors (Lipinski definition) is 2. The number of aromatic nitrogens is 2. The van der Waals surface area contributed by atoms with Crippen LogP contribution in [0.25, 0.3) is 0 Å². The number of ketones is 1. The molecule has 0 atom stereocenters. The van der Waals surface area contributed by atoms with Crippen molar-refractivity contribution in [1.82, 2.24) is 14.5 Å². The molecule has 8 heteroatoms. The van der Waals surface area contributed by atoms with Crippen LogP contribution in [0, 0.1) is 0 Å². The van der Waals surface area contributed by atoms with Crippen molar-refractivity contribution in [2.24, 2.45) is 0 Å². The molecule has 0 aromatic carbocycles. The van der Waals surface area contributed by atoms with Gasteiger partial charge in [-0.25, -0.2) is 4.79 Å². The van der Waals surface area contributed by atoms with Gasteiger partial charge in [-0.2, -0.15) is 0 Å². The van der Waals surface area contributed by atoms with Gasteiger partial charge in [-0.3, -0.25) is 24.0 Å². The molecule has 126 valence electrons. The van der Waals surface area contributed by atoms with Crippen LogP contribution in [0.15, 0.2) is 22.2 Å². The summed E-state index contributed by atoms with van der Waals surface area (Å²) in [6.45, 7) is 4.73. The van der Waals surface area contributed by atoms with Crippen LogP contribution < -0.4 is 17.0 Å². The number of ether oxygens (including phenoxy) is 1. The third kappa shape index (κ3) is 3.96. The van der Waals surface area contributed by atoms with E-state index in [-0.39, 0.29) is 31.1 Å². The highest BCUT2D eigenvalue weighted by Crippen LogP contribution is 2.26. The van der Waals surface area contributed by atoms with Gasteiger partial charge in [0, 0.05) is 19.7 Å². The number of Topliss-reactive ketones (excluding diaryl/α,β-unsaturated/α-hetero) is 1. The molecule has 1 aliphatic rings. The zero-order valence-corrected chi connectivity index (χ0v) is 13.2. The fourth-order valence-electron chi connectivity index (χ4n) is 2.47. The fraction of sp³-hybridized carbons (Fsp3) is 0.533. The van der Waals surface area contributed by atoms with E-state index in [0.717, 1.165) is 17.4 Å². The molecular formula is C15H22N4O4. The largest absolute Gasteiger partial charge is 0.384 e. The van der Waals surface area contributed by atoms with E-state index in [1.54, 1.807) is 6.08 Å². The molecule has 3 N–H and O–H groups in total. The normalized spacial score (nSPS) is 14.2. The number of hydrogen-bond acceptors (Lipinski definition) is 6. The van der Waals surface area contributed by atoms with Crippen molar-refractivity contribution in [1.29, 1.82) is 0 Å². The van der Waals surface area contributed by atoms with Crippen molar-refractivity contribution in [3.8, 4) is 0 Å². The summed E-state index contributed by atoms with van der Waals surface area (Å²) in [5, 5.41) is 0. The molecule has 1 heterocycles. The Labute approximate surface area is 133 Å². The average molecular weight is 322 g/mol. The fourth-order valence-corrected chi connectivity index (χ4v) is 2.47. The van der Waals surface area contributed by atoms with Crippen LogP contribution in [-0.4, -0.2) is 53.1 Å². The van der Waals surface area contributed by atoms with Crippen LogP contribution in [0.5, 0.6) is 0 Å². The van der Waals surface area contributed by atoms with E-state index in [2.05, 4.69) is 11.6 Å². The molecule has 23 heavy (non-hydrogen) atoms. The molecule has 2 rings (SSSR count). The molecule has 0 bridgehead atoms. The number of methoxy groups -OCH3 is 1. The van der Waals surface area contributed by atoms with Crippen LogP contribution >= 0.6 is 0 Å². The first kappa shape index (κ1) is 17.2. The second-order valence-electron chi connectivity index (χ2n) is 5.54. The number of H-pyrrole nitrogens is 1. The summed E-state index contributed by atoms with van der Waals surface area (Å²) in [4.78, 5) is 40.5. The molecule has 0 unspecified atom stereocenters. The van der Waals surface area contributed by atoms with E-state index in [9.17, 15) is 14.4 Å². The predicted molar refractivity (Wildman–Crippen MR) is 86.7 cm³/mol. The van der Waals surface area contributed by atoms with E-state index in [1.165, 1.54) is 7.11 Å². The molecule has 0 aliphatic heterocycles. The van der Waals surface area contributed by atoms with Gasteiger partial charge in [0.05, 0.1) is 19.7 Å². The number of nitrogens with one attached hydrogen (secondary N) is 1. The van der Waals surface area contributed by atoms with Crippen LogP contribution in [-0.2, 0) is 11.3 Å². The lowest BCUT2D eigenvalue weighted by Gasteiger charge is -2.19. The zero-order valence-electron chi connectivity index (χ0n) is 13.2. The van der Waals surface area contributed by atoms with Crippen LogP contribution in [0.2, 0.25) is 0 Å². The van der Waals surface area contributed by atoms with E-state index < -0.39 is 17.0 Å². The number of nitrogens with zero attached hydrogens (tertiary/aromatic N) is 2. The first-order valence-corrected chi connectivity index (χ1v) is 7.49. The smallest absolute Gasteiger partial charge is 0.330 e. The summed E-state index contributed by atoms with van der Waals surface area (Å²) in [6.07, 6.45) is 3.78. The highest BCUT2D eigenvalue weighted by molar-refractivity contribution is 6.01. The van der Waals surface area contributed by atoms with E-state index >= 15 is 0 Å². The van der Waals surface area contributed by atoms with Crippen molar-refractivity contribution in [3.63, 3.8) is 0 Å². The maximum Gasteiger partial charge on any atom is 0.330 e. The quantitative estimate of drug-likeness (QED) is 0.473. The first-order chi connectivity index (χ1) is 11.0. The Kier molecular flexibility index (Phi) is 5.51. The lowest BCUT2D eigenvalue weighted by Crippen LogP contribution is -2.40. The van der Waals surface area contributed by atoms with Crippen molar-refractivity contribution in [3.05, 3.63) is 39.1 Å². The summed E-state index contributed by atoms with van der Waals surface area (Å²) in [7, 11) is 1.49. The SMILES string of the molecule is C=CCN(CC(=O)c1c(N)n(CCOC)c(=O)[nH]c1=O)C1CC1. The molecule has 1 saturated carbocycles. The predicted octanol–water partition coefficient (Wildman–Crippen LogP) is -0.402. The van der Waals surface area contributed by atoms with E-state index in [1.807, 2.05) is 4.90 Å². The molecule has 1 aromatic rings. The summed E-state index contributed by atoms with van der Waals surface area (Å²) < 4.78 is 6.06. The van der Waals surface area contributed by atoms with Gasteiger partial charge in [0.2, 0.25) is 0 Å². The Bertz CT molecular complexity index is 702. The number of nitrogens with two attached hydrogens (primary N) is 1. The highest BCUT2D eigenvalue weighted by atomic mass is 16.5. The number of rotatable bonds is 9. The summed E-state index contributed by atoms with van der Waals surface area (Å²) in [6, 6.07) is 0.344. The van der Waals surface area contributed by atoms with E-state index in [4.69, 9.17) is 10.5 Å². The Morgan fingerprint density at radius 1 is 1.52 bits per heavy atom. The van der Waals surface area contributed by atoms with Gasteiger partial charge >= 0.3 is 5.69 Å². The minimum Gasteiger partial charge on any atom is -0.384 e. The number of carbonyl (C=O) groups is 1. The van der Waals surface area contributed by atoms with Crippen LogP contribution in [0.4, 0.5) is 5.82 Å². The Morgan fingerprint density at radius 2 is 2.22 bits per heavy atom. The summed E-state index contributed by atoms with van der Waals surface area (Å²) in [5.74, 6) is -0.515. The average Bonchev–Trinajstić information content (AvgIpc) is 3.31. The third-order valence-corrected chi connectivity index (χ3v) is 3.81. The van der Waals surface area contributed by atoms with E-state index in [0.29, 0.717) is 12.6 Å². The van der Waals surface area contributed by atoms with Crippen molar-refractivity contribution >= 4 is 11.6 Å². The topological polar surface area (TPSA) is 110 Å². The van der Waals surface area contributed by atoms with Gasteiger partial charge in [-0.05, 0) is 12.8 Å². The van der Waals surface area contributed by atoms with Crippen molar-refractivity contribution < 1.29 is 9.53 Å². The second kappa shape index (κ2) is 7.38. The maximum atomic E-state index is 12.5. The standard InChI is InChI=1S/C15H22N4O4/c1-3-6-18(10-4-5-10)9-11(20)12-13(16)19(7-8-23-2)15(22)17-14(12)21/h3,10H,1,4-9,16H2,2H3,(H,17,21,22). The Balaban J connectivity index is 2.30. The molecule has 1 aromatic heterocycles. The number of aromatic amines is 1. The van der Waals surface area contributed by atoms with Crippen molar-refractivity contribution in [2.75, 3.05) is 32.5 Å². The molecule has 0 radical (unpaired) electrons. The van der Waals surface area contributed by atoms with Gasteiger partial charge in [-0.15, -0.1) is 6.58 Å². The summed E-state index contributed by atoms with van der Waals surface area (Å²) >= 11 is 0. The minimum absolute atomic E-state index is 0.0758. The monoisotopic (exact) mass is 322 g/mol. The molecule has 8 nitrogen and oxygen atoms in total. The third-order valence-electron chi connectivity index (χ3n) is 3.81. The first-order valence-electron chi connectivity index (χ1n) is 7.49. The van der Waals surface area contributed by atoms with Gasteiger partial charge < -0.3 is 10.5 Å². The maximum absolute atomic E-state index is 12.5. The molecule has 1 aliphatic carbocycles. The highest BCUT2D eigenvalue weighted by Gasteiger charge is 2.31. The second-order valence-corrected chi connectivity index (χ2v) is 5.54. The summed E-state index contributed by atoms with van der Waals surface area (Å²) in [5.41, 5.74) is 4.33. The number of carbonyl (C=O) groups excluding carboxylic acids is 1. The minimum atomic E-state index is -0.750. The van der Waals surface area contributed by atoms with Gasteiger partial charge in [0.25, 0.3) is 5.56 Å². The molecule has 0 spiro atoms.